The fraction of sp³-hybridized carbons (Fsp3) is 0.571. The van der Waals surface area contributed by atoms with Gasteiger partial charge in [-0.15, -0.1) is 0 Å². The Morgan fingerprint density at radius 1 is 0.514 bits per heavy atom. The molecule has 2 aromatic rings. The van der Waals surface area contributed by atoms with Gasteiger partial charge in [-0.2, -0.15) is 0 Å². The molecule has 0 spiro atoms. The van der Waals surface area contributed by atoms with E-state index >= 15 is 0 Å². The van der Waals surface area contributed by atoms with E-state index in [2.05, 4.69) is 96.3 Å². The molecule has 1 aliphatic heterocycles. The van der Waals surface area contributed by atoms with Crippen molar-refractivity contribution in [2.75, 3.05) is 104 Å². The molecule has 3 rings (SSSR count). The number of nitrogens with zero attached hydrogens (tertiary/aromatic N) is 4. The lowest BCUT2D eigenvalue weighted by Crippen LogP contribution is -2.32. The summed E-state index contributed by atoms with van der Waals surface area (Å²) in [7, 11) is 8.27. The van der Waals surface area contributed by atoms with Crippen LogP contribution in [0, 0.1) is 0 Å². The molecular weight excluding hydrogens is 440 g/mol. The molecule has 0 N–H and O–H groups in total. The van der Waals surface area contributed by atoms with Gasteiger partial charge >= 0.3 is 0 Å². The molecule has 35 heavy (non-hydrogen) atoms. The molecule has 1 saturated heterocycles. The van der Waals surface area contributed by atoms with E-state index in [1.807, 2.05) is 0 Å². The first kappa shape index (κ1) is 27.4. The summed E-state index contributed by atoms with van der Waals surface area (Å²) in [6.45, 7) is 9.45. The van der Waals surface area contributed by atoms with E-state index in [1.54, 1.807) is 0 Å². The number of anilines is 2. The quantitative estimate of drug-likeness (QED) is 0.624. The van der Waals surface area contributed by atoms with Gasteiger partial charge in [0.2, 0.25) is 0 Å². The van der Waals surface area contributed by atoms with Gasteiger partial charge in [-0.3, -0.25) is 9.80 Å². The van der Waals surface area contributed by atoms with Gasteiger partial charge in [-0.1, -0.05) is 24.3 Å². The topological polar surface area (TPSA) is 40.7 Å². The van der Waals surface area contributed by atoms with Crippen LogP contribution in [0.15, 0.2) is 48.5 Å². The van der Waals surface area contributed by atoms with Crippen LogP contribution >= 0.6 is 0 Å². The van der Waals surface area contributed by atoms with Crippen LogP contribution < -0.4 is 9.80 Å². The number of hydrogen-bond donors (Lipinski definition) is 0. The van der Waals surface area contributed by atoms with Gasteiger partial charge in [-0.25, -0.2) is 0 Å². The standard InChI is InChI=1S/C28H44N4O3/c1-29(2)27-9-5-25(6-10-27)23-31-13-17-33-18-14-32(16-20-35-22-21-34-19-15-31)24-26-7-11-28(12-8-26)30(3)4/h5-12H,13-24H2,1-4H3. The molecule has 0 amide bonds. The van der Waals surface area contributed by atoms with E-state index in [-0.39, 0.29) is 0 Å². The molecule has 194 valence electrons. The molecule has 0 unspecified atom stereocenters. The third-order valence-electron chi connectivity index (χ3n) is 6.30. The second-order valence-corrected chi connectivity index (χ2v) is 9.51. The Hall–Kier alpha value is -2.16. The summed E-state index contributed by atoms with van der Waals surface area (Å²) in [5.41, 5.74) is 5.05. The van der Waals surface area contributed by atoms with Crippen molar-refractivity contribution in [1.29, 1.82) is 0 Å². The van der Waals surface area contributed by atoms with Crippen molar-refractivity contribution in [1.82, 2.24) is 9.80 Å². The smallest absolute Gasteiger partial charge is 0.0701 e. The minimum atomic E-state index is 0.633. The first-order chi connectivity index (χ1) is 17.0. The summed E-state index contributed by atoms with van der Waals surface area (Å²) < 4.78 is 17.8. The molecule has 0 saturated carbocycles. The van der Waals surface area contributed by atoms with E-state index in [9.17, 15) is 0 Å². The van der Waals surface area contributed by atoms with Crippen molar-refractivity contribution in [2.45, 2.75) is 13.1 Å². The van der Waals surface area contributed by atoms with Crippen LogP contribution in [0.25, 0.3) is 0 Å². The predicted molar refractivity (Wildman–Crippen MR) is 145 cm³/mol. The summed E-state index contributed by atoms with van der Waals surface area (Å²) in [4.78, 5) is 9.07. The van der Waals surface area contributed by atoms with Gasteiger partial charge in [0.05, 0.1) is 39.6 Å². The van der Waals surface area contributed by atoms with Crippen LogP contribution in [0.5, 0.6) is 0 Å². The lowest BCUT2D eigenvalue weighted by molar-refractivity contribution is 0.0311. The second-order valence-electron chi connectivity index (χ2n) is 9.51. The van der Waals surface area contributed by atoms with Crippen molar-refractivity contribution in [3.05, 3.63) is 59.7 Å². The van der Waals surface area contributed by atoms with Crippen LogP contribution in [0.4, 0.5) is 11.4 Å². The predicted octanol–water partition coefficient (Wildman–Crippen LogP) is 3.19. The number of rotatable bonds is 6. The van der Waals surface area contributed by atoms with Crippen molar-refractivity contribution < 1.29 is 14.2 Å². The highest BCUT2D eigenvalue weighted by Gasteiger charge is 2.10. The number of hydrogen-bond acceptors (Lipinski definition) is 7. The normalized spacial score (nSPS) is 17.9. The molecule has 2 aromatic carbocycles. The zero-order valence-electron chi connectivity index (χ0n) is 22.1. The highest BCUT2D eigenvalue weighted by atomic mass is 16.5. The monoisotopic (exact) mass is 484 g/mol. The maximum atomic E-state index is 6.07. The zero-order chi connectivity index (χ0) is 24.9. The molecule has 1 fully saturated rings. The average Bonchev–Trinajstić information content (AvgIpc) is 2.86. The third-order valence-corrected chi connectivity index (χ3v) is 6.30. The van der Waals surface area contributed by atoms with E-state index in [4.69, 9.17) is 14.2 Å². The lowest BCUT2D eigenvalue weighted by atomic mass is 10.2. The fourth-order valence-electron chi connectivity index (χ4n) is 4.05. The van der Waals surface area contributed by atoms with Gasteiger partial charge in [0, 0.05) is 78.8 Å². The van der Waals surface area contributed by atoms with E-state index < -0.39 is 0 Å². The first-order valence-electron chi connectivity index (χ1n) is 12.7. The summed E-state index contributed by atoms with van der Waals surface area (Å²) >= 11 is 0. The fourth-order valence-corrected chi connectivity index (χ4v) is 4.05. The van der Waals surface area contributed by atoms with Gasteiger partial charge in [0.25, 0.3) is 0 Å². The van der Waals surface area contributed by atoms with Crippen LogP contribution in [0.3, 0.4) is 0 Å². The Bertz CT molecular complexity index is 758. The molecule has 0 radical (unpaired) electrons. The van der Waals surface area contributed by atoms with Gasteiger partial charge in [0.15, 0.2) is 0 Å². The van der Waals surface area contributed by atoms with Gasteiger partial charge < -0.3 is 24.0 Å². The maximum absolute atomic E-state index is 6.07. The van der Waals surface area contributed by atoms with Crippen molar-refractivity contribution in [3.63, 3.8) is 0 Å². The highest BCUT2D eigenvalue weighted by Crippen LogP contribution is 2.15. The maximum Gasteiger partial charge on any atom is 0.0701 e. The van der Waals surface area contributed by atoms with E-state index in [0.29, 0.717) is 26.4 Å². The second kappa shape index (κ2) is 15.1. The average molecular weight is 485 g/mol. The van der Waals surface area contributed by atoms with Gasteiger partial charge in [-0.05, 0) is 35.4 Å². The molecule has 7 nitrogen and oxygen atoms in total. The summed E-state index contributed by atoms with van der Waals surface area (Å²) in [6, 6.07) is 17.6. The molecule has 0 bridgehead atoms. The van der Waals surface area contributed by atoms with Crippen molar-refractivity contribution in [3.8, 4) is 0 Å². The molecule has 0 aliphatic carbocycles. The Morgan fingerprint density at radius 3 is 1.14 bits per heavy atom. The van der Waals surface area contributed by atoms with E-state index in [0.717, 1.165) is 52.5 Å². The van der Waals surface area contributed by atoms with Crippen LogP contribution in [-0.4, -0.2) is 104 Å². The Labute approximate surface area is 212 Å². The lowest BCUT2D eigenvalue weighted by Gasteiger charge is -2.24. The largest absolute Gasteiger partial charge is 0.379 e. The van der Waals surface area contributed by atoms with E-state index in [1.165, 1.54) is 22.5 Å². The zero-order valence-corrected chi connectivity index (χ0v) is 22.1. The molecule has 0 aromatic heterocycles. The summed E-state index contributed by atoms with van der Waals surface area (Å²) in [6.07, 6.45) is 0. The van der Waals surface area contributed by atoms with Crippen molar-refractivity contribution >= 4 is 11.4 Å². The van der Waals surface area contributed by atoms with Crippen LogP contribution in [0.2, 0.25) is 0 Å². The van der Waals surface area contributed by atoms with Crippen LogP contribution in [-0.2, 0) is 27.3 Å². The number of benzene rings is 2. The molecule has 1 aliphatic rings. The third kappa shape index (κ3) is 10.2. The molecular formula is C28H44N4O3. The molecule has 7 heteroatoms. The van der Waals surface area contributed by atoms with Gasteiger partial charge in [0.1, 0.15) is 0 Å². The Balaban J connectivity index is 1.51. The SMILES string of the molecule is CN(C)c1ccc(CN2CCOCCOCCN(Cc3ccc(N(C)C)cc3)CCOCC2)cc1. The summed E-state index contributed by atoms with van der Waals surface area (Å²) in [5, 5.41) is 0. The molecule has 1 heterocycles. The highest BCUT2D eigenvalue weighted by molar-refractivity contribution is 5.46. The van der Waals surface area contributed by atoms with Crippen molar-refractivity contribution in [2.24, 2.45) is 0 Å². The first-order valence-corrected chi connectivity index (χ1v) is 12.7. The Morgan fingerprint density at radius 2 is 0.829 bits per heavy atom. The summed E-state index contributed by atoms with van der Waals surface area (Å²) in [5.74, 6) is 0. The molecule has 0 atom stereocenters. The minimum absolute atomic E-state index is 0.633. The van der Waals surface area contributed by atoms with Crippen LogP contribution in [0.1, 0.15) is 11.1 Å². The minimum Gasteiger partial charge on any atom is -0.379 e. The number of ether oxygens (including phenoxy) is 3. The Kier molecular flexibility index (Phi) is 11.8.